The van der Waals surface area contributed by atoms with E-state index in [4.69, 9.17) is 15.2 Å². The summed E-state index contributed by atoms with van der Waals surface area (Å²) in [6.07, 6.45) is -0.304. The van der Waals surface area contributed by atoms with E-state index in [1.807, 2.05) is 30.3 Å². The SMILES string of the molecule is CC(C)(C)OC(=O)N[C@@H](Cc1ccccc1)C(=O)N[C@@H](Cc1ccc(N)cc1)C(=O)OC(C)(C)C. The van der Waals surface area contributed by atoms with E-state index in [0.717, 1.165) is 11.1 Å². The lowest BCUT2D eigenvalue weighted by Gasteiger charge is -2.27. The zero-order valence-electron chi connectivity index (χ0n) is 21.4. The van der Waals surface area contributed by atoms with Crippen molar-refractivity contribution in [2.75, 3.05) is 5.73 Å². The smallest absolute Gasteiger partial charge is 0.408 e. The van der Waals surface area contributed by atoms with Crippen molar-refractivity contribution in [3.05, 3.63) is 65.7 Å². The Morgan fingerprint density at radius 1 is 0.743 bits per heavy atom. The fraction of sp³-hybridized carbons (Fsp3) is 0.444. The van der Waals surface area contributed by atoms with Crippen LogP contribution in [0, 0.1) is 0 Å². The highest BCUT2D eigenvalue weighted by Gasteiger charge is 2.31. The minimum absolute atomic E-state index is 0.200. The third-order valence-corrected chi connectivity index (χ3v) is 4.72. The molecule has 190 valence electrons. The van der Waals surface area contributed by atoms with Gasteiger partial charge in [-0.1, -0.05) is 42.5 Å². The van der Waals surface area contributed by atoms with Gasteiger partial charge in [0.15, 0.2) is 0 Å². The number of rotatable bonds is 8. The van der Waals surface area contributed by atoms with Gasteiger partial charge < -0.3 is 25.8 Å². The second-order valence-corrected chi connectivity index (χ2v) is 10.4. The number of nitrogen functional groups attached to an aromatic ring is 1. The molecule has 2 amide bonds. The van der Waals surface area contributed by atoms with Crippen LogP contribution in [0.25, 0.3) is 0 Å². The number of esters is 1. The summed E-state index contributed by atoms with van der Waals surface area (Å²) in [5, 5.41) is 5.42. The molecule has 0 spiro atoms. The van der Waals surface area contributed by atoms with Gasteiger partial charge in [-0.3, -0.25) is 4.79 Å². The molecule has 0 saturated heterocycles. The van der Waals surface area contributed by atoms with E-state index in [1.165, 1.54) is 0 Å². The summed E-state index contributed by atoms with van der Waals surface area (Å²) in [4.78, 5) is 38.8. The van der Waals surface area contributed by atoms with Crippen LogP contribution in [-0.4, -0.2) is 41.3 Å². The topological polar surface area (TPSA) is 120 Å². The van der Waals surface area contributed by atoms with E-state index in [2.05, 4.69) is 10.6 Å². The van der Waals surface area contributed by atoms with Gasteiger partial charge in [-0.05, 0) is 64.8 Å². The molecule has 35 heavy (non-hydrogen) atoms. The molecule has 0 unspecified atom stereocenters. The molecule has 0 bridgehead atoms. The Morgan fingerprint density at radius 2 is 1.26 bits per heavy atom. The summed E-state index contributed by atoms with van der Waals surface area (Å²) in [6.45, 7) is 10.5. The molecule has 0 aliphatic carbocycles. The molecule has 8 heteroatoms. The molecule has 2 aromatic rings. The number of anilines is 1. The molecule has 0 fully saturated rings. The monoisotopic (exact) mass is 483 g/mol. The number of benzene rings is 2. The van der Waals surface area contributed by atoms with Gasteiger partial charge in [0.2, 0.25) is 5.91 Å². The van der Waals surface area contributed by atoms with Crippen LogP contribution in [0.5, 0.6) is 0 Å². The number of nitrogens with one attached hydrogen (secondary N) is 2. The number of ether oxygens (including phenoxy) is 2. The van der Waals surface area contributed by atoms with Gasteiger partial charge in [0.25, 0.3) is 0 Å². The summed E-state index contributed by atoms with van der Waals surface area (Å²) in [5.41, 5.74) is 6.54. The minimum atomic E-state index is -0.969. The molecule has 0 heterocycles. The Kier molecular flexibility index (Phi) is 9.28. The molecule has 2 rings (SSSR count). The van der Waals surface area contributed by atoms with Crippen molar-refractivity contribution in [2.24, 2.45) is 0 Å². The standard InChI is InChI=1S/C27H37N3O5/c1-26(2,3)34-24(32)22(17-19-12-14-20(28)15-13-19)29-23(31)21(16-18-10-8-7-9-11-18)30-25(33)35-27(4,5)6/h7-15,21-22H,16-17,28H2,1-6H3,(H,29,31)(H,30,33)/t21-,22-/m0/s1. The van der Waals surface area contributed by atoms with E-state index in [1.54, 1.807) is 65.8 Å². The van der Waals surface area contributed by atoms with Crippen LogP contribution in [0.2, 0.25) is 0 Å². The lowest BCUT2D eigenvalue weighted by molar-refractivity contribution is -0.158. The average molecular weight is 484 g/mol. The van der Waals surface area contributed by atoms with Gasteiger partial charge in [0.05, 0.1) is 0 Å². The molecule has 0 aromatic heterocycles. The zero-order chi connectivity index (χ0) is 26.2. The normalized spacial score (nSPS) is 13.3. The van der Waals surface area contributed by atoms with E-state index in [0.29, 0.717) is 5.69 Å². The van der Waals surface area contributed by atoms with Crippen LogP contribution >= 0.6 is 0 Å². The van der Waals surface area contributed by atoms with Gasteiger partial charge in [-0.2, -0.15) is 0 Å². The van der Waals surface area contributed by atoms with Gasteiger partial charge in [-0.25, -0.2) is 9.59 Å². The molecule has 2 atom stereocenters. The largest absolute Gasteiger partial charge is 0.458 e. The van der Waals surface area contributed by atoms with Crippen molar-refractivity contribution >= 4 is 23.7 Å². The molecule has 0 aliphatic heterocycles. The second-order valence-electron chi connectivity index (χ2n) is 10.4. The van der Waals surface area contributed by atoms with Crippen molar-refractivity contribution in [3.63, 3.8) is 0 Å². The molecular weight excluding hydrogens is 446 g/mol. The molecule has 0 radical (unpaired) electrons. The summed E-state index contributed by atoms with van der Waals surface area (Å²) < 4.78 is 10.9. The van der Waals surface area contributed by atoms with Crippen molar-refractivity contribution in [2.45, 2.75) is 77.7 Å². The van der Waals surface area contributed by atoms with E-state index in [9.17, 15) is 14.4 Å². The predicted molar refractivity (Wildman–Crippen MR) is 136 cm³/mol. The highest BCUT2D eigenvalue weighted by atomic mass is 16.6. The van der Waals surface area contributed by atoms with Crippen LogP contribution in [0.4, 0.5) is 10.5 Å². The average Bonchev–Trinajstić information content (AvgIpc) is 2.72. The first-order valence-electron chi connectivity index (χ1n) is 11.6. The fourth-order valence-electron chi connectivity index (χ4n) is 3.24. The maximum absolute atomic E-state index is 13.4. The highest BCUT2D eigenvalue weighted by Crippen LogP contribution is 2.14. The molecule has 4 N–H and O–H groups in total. The third kappa shape index (κ3) is 10.5. The Balaban J connectivity index is 2.26. The van der Waals surface area contributed by atoms with Crippen molar-refractivity contribution in [1.82, 2.24) is 10.6 Å². The molecule has 8 nitrogen and oxygen atoms in total. The van der Waals surface area contributed by atoms with Crippen LogP contribution in [-0.2, 0) is 31.9 Å². The lowest BCUT2D eigenvalue weighted by Crippen LogP contribution is -2.54. The van der Waals surface area contributed by atoms with Gasteiger partial charge >= 0.3 is 12.1 Å². The Bertz CT molecular complexity index is 992. The molecular formula is C27H37N3O5. The van der Waals surface area contributed by atoms with Gasteiger partial charge in [0, 0.05) is 18.5 Å². The van der Waals surface area contributed by atoms with E-state index >= 15 is 0 Å². The van der Waals surface area contributed by atoms with E-state index < -0.39 is 41.3 Å². The Labute approximate surface area is 207 Å². The van der Waals surface area contributed by atoms with E-state index in [-0.39, 0.29) is 12.8 Å². The van der Waals surface area contributed by atoms with Gasteiger partial charge in [0.1, 0.15) is 23.3 Å². The van der Waals surface area contributed by atoms with Crippen molar-refractivity contribution in [3.8, 4) is 0 Å². The number of hydrogen-bond acceptors (Lipinski definition) is 6. The van der Waals surface area contributed by atoms with Crippen molar-refractivity contribution in [1.29, 1.82) is 0 Å². The summed E-state index contributed by atoms with van der Waals surface area (Å²) in [6, 6.07) is 14.4. The summed E-state index contributed by atoms with van der Waals surface area (Å²) in [5.74, 6) is -1.09. The predicted octanol–water partition coefficient (Wildman–Crippen LogP) is 3.77. The summed E-state index contributed by atoms with van der Waals surface area (Å²) >= 11 is 0. The first-order valence-corrected chi connectivity index (χ1v) is 11.6. The van der Waals surface area contributed by atoms with Crippen LogP contribution < -0.4 is 16.4 Å². The molecule has 0 aliphatic rings. The number of alkyl carbamates (subject to hydrolysis) is 1. The number of carbonyl (C=O) groups is 3. The van der Waals surface area contributed by atoms with Crippen LogP contribution in [0.15, 0.2) is 54.6 Å². The number of carbonyl (C=O) groups excluding carboxylic acids is 3. The summed E-state index contributed by atoms with van der Waals surface area (Å²) in [7, 11) is 0. The lowest BCUT2D eigenvalue weighted by atomic mass is 10.0. The maximum Gasteiger partial charge on any atom is 0.408 e. The maximum atomic E-state index is 13.4. The Hall–Kier alpha value is -3.55. The number of amides is 2. The first-order chi connectivity index (χ1) is 16.2. The molecule has 0 saturated carbocycles. The first kappa shape index (κ1) is 27.7. The van der Waals surface area contributed by atoms with Gasteiger partial charge in [-0.15, -0.1) is 0 Å². The number of hydrogen-bond donors (Lipinski definition) is 3. The van der Waals surface area contributed by atoms with Crippen molar-refractivity contribution < 1.29 is 23.9 Å². The zero-order valence-corrected chi connectivity index (χ0v) is 21.4. The number of nitrogens with two attached hydrogens (primary N) is 1. The highest BCUT2D eigenvalue weighted by molar-refractivity contribution is 5.90. The van der Waals surface area contributed by atoms with Crippen LogP contribution in [0.3, 0.4) is 0 Å². The quantitative estimate of drug-likeness (QED) is 0.388. The second kappa shape index (κ2) is 11.7. The minimum Gasteiger partial charge on any atom is -0.458 e. The fourth-order valence-corrected chi connectivity index (χ4v) is 3.24. The van der Waals surface area contributed by atoms with Crippen LogP contribution in [0.1, 0.15) is 52.7 Å². The Morgan fingerprint density at radius 3 is 1.80 bits per heavy atom. The third-order valence-electron chi connectivity index (χ3n) is 4.72. The molecule has 2 aromatic carbocycles.